The number of nitrogens with zero attached hydrogens (tertiary/aromatic N) is 2. The molecule has 2 rings (SSSR count). The quantitative estimate of drug-likeness (QED) is 0.800. The molecule has 0 aliphatic heterocycles. The Morgan fingerprint density at radius 2 is 1.84 bits per heavy atom. The van der Waals surface area contributed by atoms with E-state index in [0.29, 0.717) is 6.04 Å². The van der Waals surface area contributed by atoms with Gasteiger partial charge in [-0.1, -0.05) is 30.3 Å². The average molecular weight is 255 g/mol. The summed E-state index contributed by atoms with van der Waals surface area (Å²) in [6.45, 7) is 5.17. The Bertz CT molecular complexity index is 544. The molecule has 0 aromatic heterocycles. The van der Waals surface area contributed by atoms with Gasteiger partial charge in [0.2, 0.25) is 0 Å². The van der Waals surface area contributed by atoms with Crippen molar-refractivity contribution in [3.8, 4) is 0 Å². The van der Waals surface area contributed by atoms with Crippen LogP contribution in [-0.2, 0) is 6.42 Å². The van der Waals surface area contributed by atoms with Crippen molar-refractivity contribution in [2.24, 2.45) is 0 Å². The molecule has 0 saturated carbocycles. The van der Waals surface area contributed by atoms with Gasteiger partial charge in [-0.05, 0) is 37.3 Å². The summed E-state index contributed by atoms with van der Waals surface area (Å²) in [6, 6.07) is 13.6. The molecule has 0 spiro atoms. The van der Waals surface area contributed by atoms with E-state index >= 15 is 0 Å². The second-order valence-electron chi connectivity index (χ2n) is 5.48. The van der Waals surface area contributed by atoms with Gasteiger partial charge in [-0.2, -0.15) is 0 Å². The van der Waals surface area contributed by atoms with Crippen LogP contribution in [0.4, 0.5) is 5.69 Å². The van der Waals surface area contributed by atoms with Crippen LogP contribution in [-0.4, -0.2) is 26.7 Å². The van der Waals surface area contributed by atoms with Crippen molar-refractivity contribution in [1.29, 1.82) is 0 Å². The largest absolute Gasteiger partial charge is 0.377 e. The Morgan fingerprint density at radius 1 is 1.11 bits per heavy atom. The standard InChI is InChI=1S/C17H23N2/c1-13(2)18-10-9-14-11-15-7-5-6-8-16(15)17(12-14)19(3)4/h5-8,11-13H,9-10H2,1-4H3. The molecule has 2 heteroatoms. The number of fused-ring (bicyclic) bond motifs is 1. The van der Waals surface area contributed by atoms with Gasteiger partial charge in [-0.15, -0.1) is 0 Å². The third kappa shape index (κ3) is 3.48. The van der Waals surface area contributed by atoms with E-state index < -0.39 is 0 Å². The first kappa shape index (κ1) is 13.9. The zero-order chi connectivity index (χ0) is 13.8. The first-order valence-electron chi connectivity index (χ1n) is 6.93. The molecule has 1 radical (unpaired) electrons. The van der Waals surface area contributed by atoms with Crippen LogP contribution in [0, 0.1) is 0 Å². The molecular weight excluding hydrogens is 232 g/mol. The van der Waals surface area contributed by atoms with Crippen LogP contribution in [0.5, 0.6) is 0 Å². The maximum absolute atomic E-state index is 4.56. The molecule has 0 amide bonds. The minimum Gasteiger partial charge on any atom is -0.377 e. The Balaban J connectivity index is 2.30. The van der Waals surface area contributed by atoms with E-state index in [1.165, 1.54) is 22.0 Å². The van der Waals surface area contributed by atoms with Gasteiger partial charge in [0.05, 0.1) is 0 Å². The van der Waals surface area contributed by atoms with E-state index in [1.54, 1.807) is 0 Å². The summed E-state index contributed by atoms with van der Waals surface area (Å²) in [5.74, 6) is 0. The zero-order valence-electron chi connectivity index (χ0n) is 12.4. The highest BCUT2D eigenvalue weighted by Gasteiger charge is 2.06. The highest BCUT2D eigenvalue weighted by atomic mass is 15.1. The number of benzene rings is 2. The van der Waals surface area contributed by atoms with Crippen LogP contribution in [0.2, 0.25) is 0 Å². The summed E-state index contributed by atoms with van der Waals surface area (Å²) < 4.78 is 0. The van der Waals surface area contributed by atoms with Gasteiger partial charge in [0, 0.05) is 37.8 Å². The van der Waals surface area contributed by atoms with E-state index in [2.05, 4.69) is 74.6 Å². The molecule has 0 aliphatic rings. The van der Waals surface area contributed by atoms with Crippen molar-refractivity contribution < 1.29 is 0 Å². The van der Waals surface area contributed by atoms with Crippen LogP contribution in [0.1, 0.15) is 19.4 Å². The summed E-state index contributed by atoms with van der Waals surface area (Å²) in [5.41, 5.74) is 2.66. The third-order valence-electron chi connectivity index (χ3n) is 3.28. The Labute approximate surface area is 116 Å². The van der Waals surface area contributed by atoms with Gasteiger partial charge in [0.15, 0.2) is 0 Å². The topological polar surface area (TPSA) is 17.3 Å². The fourth-order valence-electron chi connectivity index (χ4n) is 2.32. The lowest BCUT2D eigenvalue weighted by Crippen LogP contribution is -2.17. The summed E-state index contributed by atoms with van der Waals surface area (Å²) in [6.07, 6.45) is 1.02. The van der Waals surface area contributed by atoms with Crippen LogP contribution in [0.3, 0.4) is 0 Å². The molecular formula is C17H23N2. The second kappa shape index (κ2) is 6.07. The van der Waals surface area contributed by atoms with E-state index in [9.17, 15) is 0 Å². The van der Waals surface area contributed by atoms with E-state index in [4.69, 9.17) is 0 Å². The number of hydrogen-bond acceptors (Lipinski definition) is 1. The van der Waals surface area contributed by atoms with Crippen molar-refractivity contribution in [3.05, 3.63) is 42.0 Å². The SMILES string of the molecule is CC(C)[N]CCc1cc(N(C)C)c2ccccc2c1. The molecule has 0 unspecified atom stereocenters. The Morgan fingerprint density at radius 3 is 2.53 bits per heavy atom. The first-order chi connectivity index (χ1) is 9.08. The molecule has 0 atom stereocenters. The van der Waals surface area contributed by atoms with Gasteiger partial charge in [0.25, 0.3) is 0 Å². The van der Waals surface area contributed by atoms with Crippen molar-refractivity contribution in [2.75, 3.05) is 25.5 Å². The maximum atomic E-state index is 4.56. The number of hydrogen-bond donors (Lipinski definition) is 0. The van der Waals surface area contributed by atoms with Gasteiger partial charge >= 0.3 is 0 Å². The van der Waals surface area contributed by atoms with Gasteiger partial charge in [-0.3, -0.25) is 0 Å². The molecule has 0 aliphatic carbocycles. The molecule has 0 saturated heterocycles. The van der Waals surface area contributed by atoms with Crippen molar-refractivity contribution in [3.63, 3.8) is 0 Å². The normalized spacial score (nSPS) is 11.2. The smallest absolute Gasteiger partial charge is 0.0443 e. The zero-order valence-corrected chi connectivity index (χ0v) is 12.4. The van der Waals surface area contributed by atoms with E-state index in [0.717, 1.165) is 13.0 Å². The van der Waals surface area contributed by atoms with Crippen molar-refractivity contribution >= 4 is 16.5 Å². The fraction of sp³-hybridized carbons (Fsp3) is 0.412. The first-order valence-corrected chi connectivity index (χ1v) is 6.93. The van der Waals surface area contributed by atoms with Crippen molar-refractivity contribution in [2.45, 2.75) is 26.3 Å². The van der Waals surface area contributed by atoms with E-state index in [-0.39, 0.29) is 0 Å². The molecule has 2 aromatic carbocycles. The average Bonchev–Trinajstić information content (AvgIpc) is 2.37. The molecule has 19 heavy (non-hydrogen) atoms. The lowest BCUT2D eigenvalue weighted by Gasteiger charge is -2.17. The lowest BCUT2D eigenvalue weighted by atomic mass is 10.0. The molecule has 0 heterocycles. The summed E-state index contributed by atoms with van der Waals surface area (Å²) in [4.78, 5) is 2.19. The molecule has 0 N–H and O–H groups in total. The number of anilines is 1. The van der Waals surface area contributed by atoms with Crippen LogP contribution >= 0.6 is 0 Å². The minimum absolute atomic E-state index is 0.425. The summed E-state index contributed by atoms with van der Waals surface area (Å²) in [5, 5.41) is 7.19. The second-order valence-corrected chi connectivity index (χ2v) is 5.48. The molecule has 2 aromatic rings. The van der Waals surface area contributed by atoms with E-state index in [1.807, 2.05) is 0 Å². The third-order valence-corrected chi connectivity index (χ3v) is 3.28. The fourth-order valence-corrected chi connectivity index (χ4v) is 2.32. The molecule has 0 bridgehead atoms. The Hall–Kier alpha value is -1.54. The van der Waals surface area contributed by atoms with Crippen molar-refractivity contribution in [1.82, 2.24) is 5.32 Å². The van der Waals surface area contributed by atoms with Gasteiger partial charge < -0.3 is 4.90 Å². The van der Waals surface area contributed by atoms with Crippen LogP contribution < -0.4 is 10.2 Å². The monoisotopic (exact) mass is 255 g/mol. The summed E-state index contributed by atoms with van der Waals surface area (Å²) >= 11 is 0. The van der Waals surface area contributed by atoms with Crippen LogP contribution in [0.25, 0.3) is 10.8 Å². The molecule has 0 fully saturated rings. The Kier molecular flexibility index (Phi) is 4.43. The predicted molar refractivity (Wildman–Crippen MR) is 84.1 cm³/mol. The molecule has 101 valence electrons. The predicted octanol–water partition coefficient (Wildman–Crippen LogP) is 3.46. The minimum atomic E-state index is 0.425. The highest BCUT2D eigenvalue weighted by Crippen LogP contribution is 2.27. The van der Waals surface area contributed by atoms with Crippen LogP contribution in [0.15, 0.2) is 36.4 Å². The summed E-state index contributed by atoms with van der Waals surface area (Å²) in [7, 11) is 4.20. The van der Waals surface area contributed by atoms with Gasteiger partial charge in [0.1, 0.15) is 0 Å². The maximum Gasteiger partial charge on any atom is 0.0443 e. The van der Waals surface area contributed by atoms with Gasteiger partial charge in [-0.25, -0.2) is 5.32 Å². The number of rotatable bonds is 5. The molecule has 2 nitrogen and oxygen atoms in total. The lowest BCUT2D eigenvalue weighted by molar-refractivity contribution is 0.577. The highest BCUT2D eigenvalue weighted by molar-refractivity contribution is 5.94.